The Kier molecular flexibility index (Phi) is 4.29. The van der Waals surface area contributed by atoms with Gasteiger partial charge < -0.3 is 10.4 Å². The van der Waals surface area contributed by atoms with E-state index in [1.807, 2.05) is 20.8 Å². The Balaban J connectivity index is 2.91. The molecule has 0 aliphatic heterocycles. The zero-order chi connectivity index (χ0) is 11.4. The highest BCUT2D eigenvalue weighted by atomic mass is 35.5. The van der Waals surface area contributed by atoms with E-state index in [1.165, 1.54) is 0 Å². The lowest BCUT2D eigenvalue weighted by Gasteiger charge is -2.16. The number of nitrogens with zero attached hydrogens (tertiary/aromatic N) is 2. The fourth-order valence-corrected chi connectivity index (χ4v) is 1.36. The van der Waals surface area contributed by atoms with Crippen molar-refractivity contribution in [1.82, 2.24) is 10.2 Å². The first kappa shape index (κ1) is 12.2. The smallest absolute Gasteiger partial charge is 0.155 e. The normalized spacial score (nSPS) is 12.6. The molecule has 1 aromatic heterocycles. The van der Waals surface area contributed by atoms with Crippen molar-refractivity contribution in [2.75, 3.05) is 11.9 Å². The number of aromatic nitrogens is 2. The first-order chi connectivity index (χ1) is 7.10. The standard InChI is InChI=1S/C10H16ClN3O/c1-4-8(5-15)12-10-7(3)6(2)9(11)13-14-10/h8,15H,4-5H2,1-3H3,(H,12,14). The molecule has 1 atom stereocenters. The molecule has 0 aliphatic carbocycles. The second kappa shape index (κ2) is 5.28. The molecule has 0 bridgehead atoms. The second-order valence-corrected chi connectivity index (χ2v) is 3.88. The number of aliphatic hydroxyl groups excluding tert-OH is 1. The van der Waals surface area contributed by atoms with Crippen LogP contribution in [0.4, 0.5) is 5.82 Å². The molecule has 0 amide bonds. The van der Waals surface area contributed by atoms with Gasteiger partial charge in [0.15, 0.2) is 11.0 Å². The SMILES string of the molecule is CCC(CO)Nc1nnc(Cl)c(C)c1C. The van der Waals surface area contributed by atoms with Crippen molar-refractivity contribution in [1.29, 1.82) is 0 Å². The Morgan fingerprint density at radius 3 is 2.53 bits per heavy atom. The Labute approximate surface area is 94.7 Å². The van der Waals surface area contributed by atoms with E-state index in [2.05, 4.69) is 15.5 Å². The van der Waals surface area contributed by atoms with Gasteiger partial charge in [-0.3, -0.25) is 0 Å². The van der Waals surface area contributed by atoms with Crippen LogP contribution in [0.2, 0.25) is 5.15 Å². The molecule has 1 rings (SSSR count). The van der Waals surface area contributed by atoms with E-state index in [1.54, 1.807) is 0 Å². The van der Waals surface area contributed by atoms with Crippen molar-refractivity contribution in [3.63, 3.8) is 0 Å². The Bertz CT molecular complexity index is 340. The number of hydrogen-bond donors (Lipinski definition) is 2. The van der Waals surface area contributed by atoms with Crippen molar-refractivity contribution >= 4 is 17.4 Å². The van der Waals surface area contributed by atoms with Gasteiger partial charge in [0.1, 0.15) is 0 Å². The summed E-state index contributed by atoms with van der Waals surface area (Å²) in [4.78, 5) is 0. The highest BCUT2D eigenvalue weighted by Gasteiger charge is 2.11. The van der Waals surface area contributed by atoms with Crippen molar-refractivity contribution in [2.24, 2.45) is 0 Å². The molecule has 1 aromatic rings. The number of hydrogen-bond acceptors (Lipinski definition) is 4. The summed E-state index contributed by atoms with van der Waals surface area (Å²) in [5, 5.41) is 20.4. The first-order valence-corrected chi connectivity index (χ1v) is 5.34. The highest BCUT2D eigenvalue weighted by molar-refractivity contribution is 6.30. The fourth-order valence-electron chi connectivity index (χ4n) is 1.18. The van der Waals surface area contributed by atoms with Crippen molar-refractivity contribution in [3.05, 3.63) is 16.3 Å². The minimum atomic E-state index is 0.0126. The highest BCUT2D eigenvalue weighted by Crippen LogP contribution is 2.21. The van der Waals surface area contributed by atoms with Crippen LogP contribution in [0, 0.1) is 13.8 Å². The molecule has 0 fully saturated rings. The molecule has 1 unspecified atom stereocenters. The summed E-state index contributed by atoms with van der Waals surface area (Å²) in [6, 6.07) is 0.0126. The largest absolute Gasteiger partial charge is 0.394 e. The molecule has 0 saturated carbocycles. The molecular weight excluding hydrogens is 214 g/mol. The third-order valence-electron chi connectivity index (χ3n) is 2.52. The molecule has 15 heavy (non-hydrogen) atoms. The first-order valence-electron chi connectivity index (χ1n) is 4.96. The van der Waals surface area contributed by atoms with Crippen molar-refractivity contribution in [2.45, 2.75) is 33.2 Å². The van der Waals surface area contributed by atoms with E-state index in [9.17, 15) is 0 Å². The molecule has 0 radical (unpaired) electrons. The molecule has 0 spiro atoms. The maximum atomic E-state index is 9.07. The average molecular weight is 230 g/mol. The summed E-state index contributed by atoms with van der Waals surface area (Å²) < 4.78 is 0. The summed E-state index contributed by atoms with van der Waals surface area (Å²) in [5.74, 6) is 0.692. The van der Waals surface area contributed by atoms with Crippen LogP contribution in [-0.4, -0.2) is 28.0 Å². The quantitative estimate of drug-likeness (QED) is 0.829. The maximum absolute atomic E-state index is 9.07. The van der Waals surface area contributed by atoms with E-state index >= 15 is 0 Å². The summed E-state index contributed by atoms with van der Waals surface area (Å²) in [6.07, 6.45) is 0.833. The number of halogens is 1. The Morgan fingerprint density at radius 2 is 2.00 bits per heavy atom. The topological polar surface area (TPSA) is 58.0 Å². The summed E-state index contributed by atoms with van der Waals surface area (Å²) in [7, 11) is 0. The molecule has 2 N–H and O–H groups in total. The van der Waals surface area contributed by atoms with Gasteiger partial charge in [0.05, 0.1) is 12.6 Å². The van der Waals surface area contributed by atoms with Crippen LogP contribution >= 0.6 is 11.6 Å². The molecular formula is C10H16ClN3O. The predicted octanol–water partition coefficient (Wildman–Crippen LogP) is 1.93. The average Bonchev–Trinajstić information content (AvgIpc) is 2.25. The monoisotopic (exact) mass is 229 g/mol. The summed E-state index contributed by atoms with van der Waals surface area (Å²) in [5.41, 5.74) is 1.89. The van der Waals surface area contributed by atoms with Gasteiger partial charge in [0.25, 0.3) is 0 Å². The lowest BCUT2D eigenvalue weighted by molar-refractivity contribution is 0.271. The van der Waals surface area contributed by atoms with E-state index in [0.29, 0.717) is 11.0 Å². The van der Waals surface area contributed by atoms with Gasteiger partial charge in [-0.15, -0.1) is 10.2 Å². The van der Waals surface area contributed by atoms with Crippen LogP contribution in [0.1, 0.15) is 24.5 Å². The minimum Gasteiger partial charge on any atom is -0.394 e. The lowest BCUT2D eigenvalue weighted by Crippen LogP contribution is -2.24. The van der Waals surface area contributed by atoms with Gasteiger partial charge in [-0.05, 0) is 31.4 Å². The van der Waals surface area contributed by atoms with Gasteiger partial charge in [0, 0.05) is 0 Å². The van der Waals surface area contributed by atoms with E-state index in [0.717, 1.165) is 17.5 Å². The van der Waals surface area contributed by atoms with Crippen molar-refractivity contribution < 1.29 is 5.11 Å². The molecule has 0 aromatic carbocycles. The van der Waals surface area contributed by atoms with E-state index in [-0.39, 0.29) is 12.6 Å². The van der Waals surface area contributed by atoms with E-state index in [4.69, 9.17) is 16.7 Å². The lowest BCUT2D eigenvalue weighted by atomic mass is 10.2. The molecule has 5 heteroatoms. The summed E-state index contributed by atoms with van der Waals surface area (Å²) in [6.45, 7) is 5.92. The number of anilines is 1. The predicted molar refractivity (Wildman–Crippen MR) is 61.3 cm³/mol. The Morgan fingerprint density at radius 1 is 1.33 bits per heavy atom. The number of nitrogens with one attached hydrogen (secondary N) is 1. The zero-order valence-corrected chi connectivity index (χ0v) is 9.97. The molecule has 84 valence electrons. The van der Waals surface area contributed by atoms with Gasteiger partial charge in [-0.2, -0.15) is 0 Å². The third kappa shape index (κ3) is 2.79. The van der Waals surface area contributed by atoms with Crippen LogP contribution in [-0.2, 0) is 0 Å². The van der Waals surface area contributed by atoms with Crippen LogP contribution in [0.5, 0.6) is 0 Å². The second-order valence-electron chi connectivity index (χ2n) is 3.52. The molecule has 0 saturated heterocycles. The Hall–Kier alpha value is -0.870. The van der Waals surface area contributed by atoms with Crippen LogP contribution < -0.4 is 5.32 Å². The van der Waals surface area contributed by atoms with Gasteiger partial charge in [0.2, 0.25) is 0 Å². The molecule has 1 heterocycles. The minimum absolute atomic E-state index is 0.0126. The van der Waals surface area contributed by atoms with Gasteiger partial charge in [-0.1, -0.05) is 18.5 Å². The van der Waals surface area contributed by atoms with Crippen LogP contribution in [0.25, 0.3) is 0 Å². The fraction of sp³-hybridized carbons (Fsp3) is 0.600. The maximum Gasteiger partial charge on any atom is 0.155 e. The molecule has 0 aliphatic rings. The van der Waals surface area contributed by atoms with Crippen LogP contribution in [0.15, 0.2) is 0 Å². The number of aliphatic hydroxyl groups is 1. The molecule has 4 nitrogen and oxygen atoms in total. The third-order valence-corrected chi connectivity index (χ3v) is 2.88. The van der Waals surface area contributed by atoms with Crippen LogP contribution in [0.3, 0.4) is 0 Å². The number of rotatable bonds is 4. The zero-order valence-electron chi connectivity index (χ0n) is 9.21. The van der Waals surface area contributed by atoms with E-state index < -0.39 is 0 Å². The van der Waals surface area contributed by atoms with Gasteiger partial charge in [-0.25, -0.2) is 0 Å². The van der Waals surface area contributed by atoms with Crippen molar-refractivity contribution in [3.8, 4) is 0 Å². The van der Waals surface area contributed by atoms with Gasteiger partial charge >= 0.3 is 0 Å². The summed E-state index contributed by atoms with van der Waals surface area (Å²) >= 11 is 5.84.